The van der Waals surface area contributed by atoms with E-state index in [1.807, 2.05) is 31.3 Å². The van der Waals surface area contributed by atoms with Crippen LogP contribution < -0.4 is 0 Å². The first-order valence-corrected chi connectivity index (χ1v) is 4.96. The zero-order valence-electron chi connectivity index (χ0n) is 8.60. The van der Waals surface area contributed by atoms with Crippen LogP contribution in [0.15, 0.2) is 30.5 Å². The first-order chi connectivity index (χ1) is 7.18. The largest absolute Gasteiger partial charge is 0.481 e. The molecule has 2 heterocycles. The topological polar surface area (TPSA) is 41.7 Å². The number of rotatable bonds is 3. The second kappa shape index (κ2) is 3.77. The van der Waals surface area contributed by atoms with Crippen LogP contribution in [0.1, 0.15) is 17.7 Å². The van der Waals surface area contributed by atoms with Crippen LogP contribution in [0.3, 0.4) is 0 Å². The number of hydrogen-bond acceptors (Lipinski definition) is 1. The third kappa shape index (κ3) is 1.86. The van der Waals surface area contributed by atoms with Crippen LogP contribution in [-0.4, -0.2) is 15.5 Å². The number of aliphatic carboxylic acids is 1. The molecule has 0 bridgehead atoms. The van der Waals surface area contributed by atoms with Crippen LogP contribution in [0.4, 0.5) is 0 Å². The molecule has 0 aliphatic heterocycles. The normalized spacial score (nSPS) is 10.7. The van der Waals surface area contributed by atoms with E-state index < -0.39 is 5.97 Å². The molecule has 0 unspecified atom stereocenters. The Balaban J connectivity index is 2.40. The van der Waals surface area contributed by atoms with Gasteiger partial charge >= 0.3 is 5.97 Å². The van der Waals surface area contributed by atoms with Crippen molar-refractivity contribution in [3.63, 3.8) is 0 Å². The first kappa shape index (κ1) is 9.77. The fourth-order valence-corrected chi connectivity index (χ4v) is 1.86. The van der Waals surface area contributed by atoms with Crippen LogP contribution in [-0.2, 0) is 11.2 Å². The number of hydrogen-bond donors (Lipinski definition) is 1. The van der Waals surface area contributed by atoms with Crippen molar-refractivity contribution in [3.05, 3.63) is 41.7 Å². The average Bonchev–Trinajstić information content (AvgIpc) is 2.50. The minimum Gasteiger partial charge on any atom is -0.481 e. The maximum absolute atomic E-state index is 10.5. The van der Waals surface area contributed by atoms with E-state index in [4.69, 9.17) is 5.11 Å². The number of nitrogens with zero attached hydrogens (tertiary/aromatic N) is 1. The van der Waals surface area contributed by atoms with Gasteiger partial charge in [-0.05, 0) is 37.1 Å². The number of aromatic nitrogens is 1. The molecule has 0 amide bonds. The molecule has 0 saturated carbocycles. The molecule has 0 aliphatic carbocycles. The van der Waals surface area contributed by atoms with Gasteiger partial charge in [0.15, 0.2) is 0 Å². The van der Waals surface area contributed by atoms with Gasteiger partial charge in [0.25, 0.3) is 0 Å². The van der Waals surface area contributed by atoms with Crippen molar-refractivity contribution in [2.24, 2.45) is 0 Å². The Kier molecular flexibility index (Phi) is 2.46. The summed E-state index contributed by atoms with van der Waals surface area (Å²) in [7, 11) is 0. The Morgan fingerprint density at radius 3 is 3.00 bits per heavy atom. The third-order valence-electron chi connectivity index (χ3n) is 2.58. The number of pyridine rings is 1. The Labute approximate surface area is 88.0 Å². The summed E-state index contributed by atoms with van der Waals surface area (Å²) in [5.74, 6) is -0.750. The fourth-order valence-electron chi connectivity index (χ4n) is 1.86. The van der Waals surface area contributed by atoms with Crippen molar-refractivity contribution in [1.82, 2.24) is 4.40 Å². The highest BCUT2D eigenvalue weighted by Crippen LogP contribution is 2.17. The first-order valence-electron chi connectivity index (χ1n) is 4.96. The number of aryl methyl sites for hydroxylation is 2. The van der Waals surface area contributed by atoms with Crippen LogP contribution in [0.2, 0.25) is 0 Å². The molecule has 2 aromatic heterocycles. The minimum atomic E-state index is -0.750. The Hall–Kier alpha value is -1.77. The van der Waals surface area contributed by atoms with Gasteiger partial charge in [-0.25, -0.2) is 0 Å². The van der Waals surface area contributed by atoms with Crippen LogP contribution in [0.5, 0.6) is 0 Å². The molecular formula is C12H13NO2. The summed E-state index contributed by atoms with van der Waals surface area (Å²) in [6.07, 6.45) is 2.74. The van der Waals surface area contributed by atoms with E-state index >= 15 is 0 Å². The van der Waals surface area contributed by atoms with Gasteiger partial charge in [0.1, 0.15) is 0 Å². The van der Waals surface area contributed by atoms with Gasteiger partial charge in [-0.2, -0.15) is 0 Å². The van der Waals surface area contributed by atoms with Gasteiger partial charge in [-0.1, -0.05) is 6.07 Å². The lowest BCUT2D eigenvalue weighted by atomic mass is 10.2. The number of carbonyl (C=O) groups is 1. The van der Waals surface area contributed by atoms with Crippen LogP contribution >= 0.6 is 0 Å². The molecule has 2 rings (SSSR count). The van der Waals surface area contributed by atoms with Crippen molar-refractivity contribution in [2.45, 2.75) is 19.8 Å². The van der Waals surface area contributed by atoms with E-state index in [1.54, 1.807) is 0 Å². The van der Waals surface area contributed by atoms with Gasteiger partial charge in [0.05, 0.1) is 6.42 Å². The summed E-state index contributed by atoms with van der Waals surface area (Å²) in [5.41, 5.74) is 3.37. The highest BCUT2D eigenvalue weighted by molar-refractivity contribution is 5.67. The standard InChI is InChI=1S/C12H13NO2/c1-9-8-10-4-2-3-7-13(10)11(9)5-6-12(14)15/h2-4,7-8H,5-6H2,1H3,(H,14,15). The second-order valence-corrected chi connectivity index (χ2v) is 3.66. The summed E-state index contributed by atoms with van der Waals surface area (Å²) in [4.78, 5) is 10.5. The quantitative estimate of drug-likeness (QED) is 0.831. The summed E-state index contributed by atoms with van der Waals surface area (Å²) in [6.45, 7) is 2.02. The van der Waals surface area contributed by atoms with Gasteiger partial charge in [0.2, 0.25) is 0 Å². The molecule has 78 valence electrons. The van der Waals surface area contributed by atoms with Crippen molar-refractivity contribution in [2.75, 3.05) is 0 Å². The molecule has 0 spiro atoms. The smallest absolute Gasteiger partial charge is 0.303 e. The molecule has 0 fully saturated rings. The Bertz CT molecular complexity index is 499. The van der Waals surface area contributed by atoms with E-state index in [1.165, 1.54) is 0 Å². The Morgan fingerprint density at radius 1 is 1.47 bits per heavy atom. The molecule has 0 saturated heterocycles. The summed E-state index contributed by atoms with van der Waals surface area (Å²) in [6, 6.07) is 8.04. The van der Waals surface area contributed by atoms with Crippen LogP contribution in [0.25, 0.3) is 5.52 Å². The predicted molar refractivity (Wildman–Crippen MR) is 58.1 cm³/mol. The molecular weight excluding hydrogens is 190 g/mol. The van der Waals surface area contributed by atoms with Crippen molar-refractivity contribution in [1.29, 1.82) is 0 Å². The van der Waals surface area contributed by atoms with E-state index in [0.29, 0.717) is 6.42 Å². The molecule has 0 atom stereocenters. The molecule has 0 aliphatic rings. The maximum atomic E-state index is 10.5. The number of carboxylic acids is 1. The van der Waals surface area contributed by atoms with E-state index in [9.17, 15) is 4.79 Å². The fraction of sp³-hybridized carbons (Fsp3) is 0.250. The maximum Gasteiger partial charge on any atom is 0.303 e. The predicted octanol–water partition coefficient (Wildman–Crippen LogP) is 2.26. The number of carboxylic acid groups (broad SMARTS) is 1. The van der Waals surface area contributed by atoms with Gasteiger partial charge in [-0.3, -0.25) is 4.79 Å². The second-order valence-electron chi connectivity index (χ2n) is 3.66. The molecule has 15 heavy (non-hydrogen) atoms. The van der Waals surface area contributed by atoms with Crippen molar-refractivity contribution in [3.8, 4) is 0 Å². The summed E-state index contributed by atoms with van der Waals surface area (Å²) < 4.78 is 2.05. The third-order valence-corrected chi connectivity index (χ3v) is 2.58. The van der Waals surface area contributed by atoms with Crippen molar-refractivity contribution < 1.29 is 9.90 Å². The summed E-state index contributed by atoms with van der Waals surface area (Å²) >= 11 is 0. The zero-order chi connectivity index (χ0) is 10.8. The average molecular weight is 203 g/mol. The molecule has 3 nitrogen and oxygen atoms in total. The van der Waals surface area contributed by atoms with Crippen molar-refractivity contribution >= 4 is 11.5 Å². The lowest BCUT2D eigenvalue weighted by Crippen LogP contribution is -2.01. The highest BCUT2D eigenvalue weighted by atomic mass is 16.4. The van der Waals surface area contributed by atoms with Gasteiger partial charge in [-0.15, -0.1) is 0 Å². The summed E-state index contributed by atoms with van der Waals surface area (Å²) in [5, 5.41) is 8.67. The van der Waals surface area contributed by atoms with E-state index in [-0.39, 0.29) is 6.42 Å². The van der Waals surface area contributed by atoms with E-state index in [0.717, 1.165) is 16.8 Å². The zero-order valence-corrected chi connectivity index (χ0v) is 8.60. The lowest BCUT2D eigenvalue weighted by Gasteiger charge is -2.02. The van der Waals surface area contributed by atoms with Crippen LogP contribution in [0, 0.1) is 6.92 Å². The Morgan fingerprint density at radius 2 is 2.27 bits per heavy atom. The van der Waals surface area contributed by atoms with E-state index in [2.05, 4.69) is 10.5 Å². The molecule has 2 aromatic rings. The number of fused-ring (bicyclic) bond motifs is 1. The SMILES string of the molecule is Cc1cc2ccccn2c1CCC(=O)O. The van der Waals surface area contributed by atoms with Gasteiger partial charge in [0, 0.05) is 17.4 Å². The van der Waals surface area contributed by atoms with Gasteiger partial charge < -0.3 is 9.51 Å². The molecule has 0 radical (unpaired) electrons. The molecule has 0 aromatic carbocycles. The molecule has 1 N–H and O–H groups in total. The highest BCUT2D eigenvalue weighted by Gasteiger charge is 2.07. The minimum absolute atomic E-state index is 0.182. The lowest BCUT2D eigenvalue weighted by molar-refractivity contribution is -0.136. The monoisotopic (exact) mass is 203 g/mol. The molecule has 3 heteroatoms.